The van der Waals surface area contributed by atoms with Crippen molar-refractivity contribution >= 4 is 0 Å². The molecule has 1 unspecified atom stereocenters. The molecule has 0 spiro atoms. The number of aliphatic hydroxyl groups is 1. The average Bonchev–Trinajstić information content (AvgIpc) is 3.38. The van der Waals surface area contributed by atoms with Gasteiger partial charge in [0.15, 0.2) is 11.5 Å². The van der Waals surface area contributed by atoms with Crippen LogP contribution in [0.25, 0.3) is 11.3 Å². The molecule has 1 fully saturated rings. The minimum absolute atomic E-state index is 0.239. The number of imidazole rings is 1. The number of aromatic nitrogens is 4. The van der Waals surface area contributed by atoms with Gasteiger partial charge in [-0.15, -0.1) is 0 Å². The van der Waals surface area contributed by atoms with E-state index in [2.05, 4.69) is 22.1 Å². The van der Waals surface area contributed by atoms with Crippen LogP contribution in [0.2, 0.25) is 0 Å². The average molecular weight is 424 g/mol. The number of aryl methyl sites for hydroxylation is 2. The van der Waals surface area contributed by atoms with Crippen LogP contribution in [0.3, 0.4) is 0 Å². The number of rotatable bonds is 5. The molecule has 0 bridgehead atoms. The van der Waals surface area contributed by atoms with Crippen molar-refractivity contribution in [2.75, 3.05) is 26.3 Å². The lowest BCUT2D eigenvalue weighted by molar-refractivity contribution is 0.0492. The van der Waals surface area contributed by atoms with Crippen molar-refractivity contribution in [2.24, 2.45) is 20.0 Å². The third-order valence-electron chi connectivity index (χ3n) is 6.32. The summed E-state index contributed by atoms with van der Waals surface area (Å²) < 4.78 is 15.2. The minimum Gasteiger partial charge on any atom is -0.486 e. The van der Waals surface area contributed by atoms with E-state index < -0.39 is 6.10 Å². The summed E-state index contributed by atoms with van der Waals surface area (Å²) in [4.78, 5) is 6.77. The van der Waals surface area contributed by atoms with Gasteiger partial charge < -0.3 is 19.1 Å². The van der Waals surface area contributed by atoms with Crippen LogP contribution in [0.1, 0.15) is 30.3 Å². The quantitative estimate of drug-likeness (QED) is 0.680. The Hall–Kier alpha value is -2.84. The largest absolute Gasteiger partial charge is 0.486 e. The summed E-state index contributed by atoms with van der Waals surface area (Å²) in [7, 11) is 3.89. The predicted octanol–water partition coefficient (Wildman–Crippen LogP) is 2.54. The number of ether oxygens (including phenoxy) is 2. The zero-order valence-electron chi connectivity index (χ0n) is 18.1. The van der Waals surface area contributed by atoms with Gasteiger partial charge in [-0.2, -0.15) is 5.10 Å². The minimum atomic E-state index is -0.506. The van der Waals surface area contributed by atoms with E-state index in [-0.39, 0.29) is 5.92 Å². The summed E-state index contributed by atoms with van der Waals surface area (Å²) in [5.74, 6) is 2.57. The number of hydrogen-bond acceptors (Lipinski definition) is 6. The highest BCUT2D eigenvalue weighted by atomic mass is 16.6. The normalized spacial score (nSPS) is 18.3. The molecule has 1 aromatic carbocycles. The molecule has 5 rings (SSSR count). The molecule has 0 radical (unpaired) electrons. The number of fused-ring (bicyclic) bond motifs is 1. The third kappa shape index (κ3) is 4.05. The summed E-state index contributed by atoms with van der Waals surface area (Å²) in [5.41, 5.74) is 3.22. The van der Waals surface area contributed by atoms with E-state index in [9.17, 15) is 5.11 Å². The van der Waals surface area contributed by atoms with Crippen molar-refractivity contribution in [2.45, 2.75) is 25.5 Å². The van der Waals surface area contributed by atoms with Crippen molar-refractivity contribution in [1.82, 2.24) is 24.2 Å². The first-order chi connectivity index (χ1) is 15.1. The van der Waals surface area contributed by atoms with Crippen molar-refractivity contribution < 1.29 is 14.6 Å². The summed E-state index contributed by atoms with van der Waals surface area (Å²) >= 11 is 0. The molecule has 4 heterocycles. The van der Waals surface area contributed by atoms with E-state index in [0.29, 0.717) is 13.2 Å². The van der Waals surface area contributed by atoms with Crippen LogP contribution in [-0.4, -0.2) is 55.6 Å². The molecule has 164 valence electrons. The molecule has 8 heteroatoms. The van der Waals surface area contributed by atoms with Gasteiger partial charge in [0, 0.05) is 50.4 Å². The fraction of sp³-hybridized carbons (Fsp3) is 0.478. The maximum atomic E-state index is 10.7. The molecular formula is C23H29N5O3. The molecule has 1 atom stereocenters. The lowest BCUT2D eigenvalue weighted by atomic mass is 9.90. The molecule has 8 nitrogen and oxygen atoms in total. The Labute approximate surface area is 182 Å². The summed E-state index contributed by atoms with van der Waals surface area (Å²) in [6, 6.07) is 6.04. The van der Waals surface area contributed by atoms with Crippen molar-refractivity contribution in [3.8, 4) is 22.8 Å². The van der Waals surface area contributed by atoms with E-state index >= 15 is 0 Å². The van der Waals surface area contributed by atoms with Crippen LogP contribution >= 0.6 is 0 Å². The SMILES string of the molecule is Cn1cc(CN2CCC(C(O)c3nccn3C)CC2)c(-c2ccc3c(c2)OCCO3)n1. The molecule has 2 aliphatic heterocycles. The van der Waals surface area contributed by atoms with Crippen LogP contribution in [0.15, 0.2) is 36.8 Å². The highest BCUT2D eigenvalue weighted by molar-refractivity contribution is 5.66. The summed E-state index contributed by atoms with van der Waals surface area (Å²) in [5, 5.41) is 15.5. The molecule has 31 heavy (non-hydrogen) atoms. The topological polar surface area (TPSA) is 77.6 Å². The van der Waals surface area contributed by atoms with E-state index in [0.717, 1.165) is 61.1 Å². The molecule has 1 saturated heterocycles. The third-order valence-corrected chi connectivity index (χ3v) is 6.32. The Bertz CT molecular complexity index is 1050. The molecular weight excluding hydrogens is 394 g/mol. The maximum Gasteiger partial charge on any atom is 0.162 e. The van der Waals surface area contributed by atoms with Crippen LogP contribution in [0.5, 0.6) is 11.5 Å². The Kier molecular flexibility index (Phi) is 5.41. The lowest BCUT2D eigenvalue weighted by Gasteiger charge is -2.34. The Morgan fingerprint density at radius 2 is 1.90 bits per heavy atom. The fourth-order valence-corrected chi connectivity index (χ4v) is 4.63. The first-order valence-corrected chi connectivity index (χ1v) is 10.9. The van der Waals surface area contributed by atoms with Gasteiger partial charge in [-0.25, -0.2) is 4.98 Å². The van der Waals surface area contributed by atoms with Gasteiger partial charge in [-0.3, -0.25) is 9.58 Å². The zero-order chi connectivity index (χ0) is 21.4. The van der Waals surface area contributed by atoms with Crippen molar-refractivity contribution in [3.05, 3.63) is 48.2 Å². The highest BCUT2D eigenvalue weighted by Gasteiger charge is 2.29. The van der Waals surface area contributed by atoms with Gasteiger partial charge >= 0.3 is 0 Å². The van der Waals surface area contributed by atoms with E-state index in [1.165, 1.54) is 5.56 Å². The molecule has 0 amide bonds. The monoisotopic (exact) mass is 423 g/mol. The number of likely N-dealkylation sites (tertiary alicyclic amines) is 1. The molecule has 0 saturated carbocycles. The number of nitrogens with zero attached hydrogens (tertiary/aromatic N) is 5. The van der Waals surface area contributed by atoms with Crippen LogP contribution in [0, 0.1) is 5.92 Å². The van der Waals surface area contributed by atoms with E-state index in [1.807, 2.05) is 41.7 Å². The highest BCUT2D eigenvalue weighted by Crippen LogP contribution is 2.36. The fourth-order valence-electron chi connectivity index (χ4n) is 4.63. The summed E-state index contributed by atoms with van der Waals surface area (Å²) in [6.45, 7) is 3.89. The van der Waals surface area contributed by atoms with E-state index in [1.54, 1.807) is 6.20 Å². The van der Waals surface area contributed by atoms with Gasteiger partial charge in [0.25, 0.3) is 0 Å². The maximum absolute atomic E-state index is 10.7. The molecule has 0 aliphatic carbocycles. The standard InChI is InChI=1S/C23H29N5O3/c1-26-10-7-24-23(26)22(29)16-5-8-28(9-6-16)15-18-14-27(2)25-21(18)17-3-4-19-20(13-17)31-12-11-30-19/h3-4,7,10,13-14,16,22,29H,5-6,8-9,11-12,15H2,1-2H3. The van der Waals surface area contributed by atoms with Crippen molar-refractivity contribution in [1.29, 1.82) is 0 Å². The molecule has 2 aliphatic rings. The second kappa shape index (κ2) is 8.36. The first kappa shape index (κ1) is 20.1. The Morgan fingerprint density at radius 3 is 2.65 bits per heavy atom. The van der Waals surface area contributed by atoms with Gasteiger partial charge in [-0.1, -0.05) is 0 Å². The Balaban J connectivity index is 1.27. The second-order valence-corrected chi connectivity index (χ2v) is 8.49. The first-order valence-electron chi connectivity index (χ1n) is 10.9. The number of hydrogen-bond donors (Lipinski definition) is 1. The molecule has 2 aromatic heterocycles. The lowest BCUT2D eigenvalue weighted by Crippen LogP contribution is -2.35. The molecule has 3 aromatic rings. The van der Waals surface area contributed by atoms with Gasteiger partial charge in [0.05, 0.1) is 5.69 Å². The van der Waals surface area contributed by atoms with Crippen LogP contribution in [0.4, 0.5) is 0 Å². The van der Waals surface area contributed by atoms with E-state index in [4.69, 9.17) is 14.6 Å². The predicted molar refractivity (Wildman–Crippen MR) is 116 cm³/mol. The number of piperidine rings is 1. The van der Waals surface area contributed by atoms with Gasteiger partial charge in [0.2, 0.25) is 0 Å². The zero-order valence-corrected chi connectivity index (χ0v) is 18.1. The smallest absolute Gasteiger partial charge is 0.162 e. The second-order valence-electron chi connectivity index (χ2n) is 8.49. The molecule has 1 N–H and O–H groups in total. The summed E-state index contributed by atoms with van der Waals surface area (Å²) in [6.07, 6.45) is 7.13. The number of benzene rings is 1. The number of aliphatic hydroxyl groups excluding tert-OH is 1. The van der Waals surface area contributed by atoms with Crippen LogP contribution in [-0.2, 0) is 20.6 Å². The Morgan fingerprint density at radius 1 is 1.13 bits per heavy atom. The van der Waals surface area contributed by atoms with Gasteiger partial charge in [-0.05, 0) is 50.0 Å². The van der Waals surface area contributed by atoms with Crippen LogP contribution < -0.4 is 9.47 Å². The van der Waals surface area contributed by atoms with Gasteiger partial charge in [0.1, 0.15) is 25.1 Å². The van der Waals surface area contributed by atoms with Crippen molar-refractivity contribution in [3.63, 3.8) is 0 Å².